The Morgan fingerprint density at radius 1 is 0.812 bits per heavy atom. The third kappa shape index (κ3) is 4.36. The molecule has 168 valence electrons. The minimum absolute atomic E-state index is 0.0775. The normalized spacial score (nSPS) is 14.3. The summed E-state index contributed by atoms with van der Waals surface area (Å²) in [4.78, 5) is 1.96. The maximum absolute atomic E-state index is 13.1. The summed E-state index contributed by atoms with van der Waals surface area (Å²) in [6.45, 7) is 1.46. The number of fused-ring (bicyclic) bond motifs is 1. The molecule has 0 amide bonds. The highest BCUT2D eigenvalue weighted by Crippen LogP contribution is 2.32. The number of sulfonamides is 2. The van der Waals surface area contributed by atoms with Crippen LogP contribution < -0.4 is 9.62 Å². The van der Waals surface area contributed by atoms with Gasteiger partial charge in [0, 0.05) is 27.2 Å². The Labute approximate surface area is 189 Å². The first kappa shape index (κ1) is 22.3. The molecule has 0 aromatic heterocycles. The van der Waals surface area contributed by atoms with E-state index in [-0.39, 0.29) is 9.79 Å². The lowest BCUT2D eigenvalue weighted by Crippen LogP contribution is -2.31. The number of benzene rings is 3. The molecule has 0 radical (unpaired) electrons. The summed E-state index contributed by atoms with van der Waals surface area (Å²) in [6.07, 6.45) is 0.877. The van der Waals surface area contributed by atoms with Crippen LogP contribution in [0.5, 0.6) is 0 Å². The summed E-state index contributed by atoms with van der Waals surface area (Å²) in [7, 11) is -4.95. The van der Waals surface area contributed by atoms with Gasteiger partial charge in [0.1, 0.15) is 0 Å². The van der Waals surface area contributed by atoms with Gasteiger partial charge in [0.05, 0.1) is 21.2 Å². The molecule has 0 unspecified atom stereocenters. The molecule has 1 aliphatic heterocycles. The Hall–Kier alpha value is -2.88. The molecule has 0 bridgehead atoms. The van der Waals surface area contributed by atoms with Crippen LogP contribution in [0.15, 0.2) is 82.6 Å². The summed E-state index contributed by atoms with van der Waals surface area (Å²) in [6, 6.07) is 20.9. The zero-order valence-corrected chi connectivity index (χ0v) is 19.5. The van der Waals surface area contributed by atoms with Crippen molar-refractivity contribution in [3.8, 4) is 0 Å². The number of rotatable bonds is 6. The van der Waals surface area contributed by atoms with E-state index in [9.17, 15) is 16.8 Å². The van der Waals surface area contributed by atoms with E-state index >= 15 is 0 Å². The second kappa shape index (κ2) is 8.57. The van der Waals surface area contributed by atoms with E-state index in [1.54, 1.807) is 12.1 Å². The fourth-order valence-corrected chi connectivity index (χ4v) is 5.90. The van der Waals surface area contributed by atoms with Gasteiger partial charge in [-0.1, -0.05) is 42.5 Å². The van der Waals surface area contributed by atoms with Gasteiger partial charge in [-0.2, -0.15) is 0 Å². The van der Waals surface area contributed by atoms with Gasteiger partial charge >= 0.3 is 0 Å². The Bertz CT molecular complexity index is 1350. The van der Waals surface area contributed by atoms with E-state index in [1.807, 2.05) is 24.3 Å². The molecule has 3 aromatic carbocycles. The molecule has 0 atom stereocenters. The first-order valence-electron chi connectivity index (χ1n) is 10.1. The quantitative estimate of drug-likeness (QED) is 0.596. The Morgan fingerprint density at radius 3 is 2.22 bits per heavy atom. The molecule has 9 heteroatoms. The van der Waals surface area contributed by atoms with Crippen LogP contribution in [0.1, 0.15) is 11.1 Å². The first-order valence-corrected chi connectivity index (χ1v) is 13.1. The van der Waals surface area contributed by atoms with Crippen LogP contribution in [0.4, 0.5) is 11.4 Å². The fourth-order valence-electron chi connectivity index (χ4n) is 3.75. The van der Waals surface area contributed by atoms with Crippen molar-refractivity contribution in [3.63, 3.8) is 0 Å². The second-order valence-electron chi connectivity index (χ2n) is 7.83. The first-order chi connectivity index (χ1) is 15.2. The average Bonchev–Trinajstić information content (AvgIpc) is 2.79. The van der Waals surface area contributed by atoms with Crippen molar-refractivity contribution in [2.75, 3.05) is 30.3 Å². The molecule has 0 spiro atoms. The molecule has 4 rings (SSSR count). The maximum atomic E-state index is 13.1. The Balaban J connectivity index is 1.65. The zero-order chi connectivity index (χ0) is 22.9. The van der Waals surface area contributed by atoms with Crippen molar-refractivity contribution in [3.05, 3.63) is 83.9 Å². The van der Waals surface area contributed by atoms with Gasteiger partial charge in [-0.05, 0) is 47.9 Å². The van der Waals surface area contributed by atoms with Gasteiger partial charge in [0.15, 0.2) is 0 Å². The van der Waals surface area contributed by atoms with Gasteiger partial charge in [0.2, 0.25) is 10.0 Å². The van der Waals surface area contributed by atoms with Gasteiger partial charge in [0.25, 0.3) is 10.0 Å². The summed E-state index contributed by atoms with van der Waals surface area (Å²) in [5.41, 5.74) is 3.76. The van der Waals surface area contributed by atoms with Crippen molar-refractivity contribution in [1.29, 1.82) is 0 Å². The molecule has 0 saturated heterocycles. The molecule has 1 aliphatic rings. The predicted octanol–water partition coefficient (Wildman–Crippen LogP) is 3.30. The number of nitrogens with zero attached hydrogens (tertiary/aromatic N) is 2. The molecular formula is C23H25N3O4S2. The summed E-state index contributed by atoms with van der Waals surface area (Å²) in [5, 5.41) is 0. The molecule has 0 saturated carbocycles. The van der Waals surface area contributed by atoms with Crippen LogP contribution in [0.25, 0.3) is 0 Å². The van der Waals surface area contributed by atoms with Crippen molar-refractivity contribution in [2.24, 2.45) is 0 Å². The highest BCUT2D eigenvalue weighted by Gasteiger charge is 2.24. The van der Waals surface area contributed by atoms with E-state index in [0.717, 1.165) is 23.0 Å². The molecule has 0 aliphatic carbocycles. The number of hydrogen-bond acceptors (Lipinski definition) is 5. The van der Waals surface area contributed by atoms with E-state index in [1.165, 1.54) is 49.5 Å². The average molecular weight is 472 g/mol. The summed E-state index contributed by atoms with van der Waals surface area (Å²) < 4.78 is 54.9. The lowest BCUT2D eigenvalue weighted by atomic mass is 9.99. The SMILES string of the molecule is CN(C)S(=O)(=O)c1cccc(S(=O)(=O)Nc2ccccc2N2CCc3ccccc3C2)c1. The van der Waals surface area contributed by atoms with Crippen molar-refractivity contribution in [2.45, 2.75) is 22.8 Å². The summed E-state index contributed by atoms with van der Waals surface area (Å²) in [5.74, 6) is 0. The number of para-hydroxylation sites is 2. The fraction of sp³-hybridized carbons (Fsp3) is 0.217. The molecular weight excluding hydrogens is 446 g/mol. The molecule has 1 heterocycles. The number of anilines is 2. The smallest absolute Gasteiger partial charge is 0.262 e. The van der Waals surface area contributed by atoms with Crippen LogP contribution in [-0.4, -0.2) is 41.8 Å². The lowest BCUT2D eigenvalue weighted by molar-refractivity contribution is 0.520. The largest absolute Gasteiger partial charge is 0.365 e. The maximum Gasteiger partial charge on any atom is 0.262 e. The number of nitrogens with one attached hydrogen (secondary N) is 1. The van der Waals surface area contributed by atoms with Crippen LogP contribution in [0, 0.1) is 0 Å². The molecule has 32 heavy (non-hydrogen) atoms. The van der Waals surface area contributed by atoms with Gasteiger partial charge in [-0.25, -0.2) is 21.1 Å². The topological polar surface area (TPSA) is 86.8 Å². The monoisotopic (exact) mass is 471 g/mol. The Morgan fingerprint density at radius 2 is 1.47 bits per heavy atom. The molecule has 1 N–H and O–H groups in total. The standard InChI is InChI=1S/C23H25N3O4S2/c1-25(2)32(29,30)21-11-7-10-20(16-21)31(27,28)24-22-12-5-6-13-23(22)26-15-14-18-8-3-4-9-19(18)17-26/h3-13,16,24H,14-15,17H2,1-2H3. The third-order valence-corrected chi connectivity index (χ3v) is 8.69. The molecule has 7 nitrogen and oxygen atoms in total. The minimum atomic E-state index is -4.00. The Kier molecular flexibility index (Phi) is 5.98. The van der Waals surface area contributed by atoms with E-state index in [4.69, 9.17) is 0 Å². The highest BCUT2D eigenvalue weighted by molar-refractivity contribution is 7.93. The van der Waals surface area contributed by atoms with E-state index in [0.29, 0.717) is 12.2 Å². The van der Waals surface area contributed by atoms with Crippen molar-refractivity contribution >= 4 is 31.4 Å². The van der Waals surface area contributed by atoms with Crippen LogP contribution in [0.3, 0.4) is 0 Å². The minimum Gasteiger partial charge on any atom is -0.365 e. The molecule has 3 aromatic rings. The van der Waals surface area contributed by atoms with Gasteiger partial charge in [-0.15, -0.1) is 0 Å². The van der Waals surface area contributed by atoms with Crippen LogP contribution in [0.2, 0.25) is 0 Å². The van der Waals surface area contributed by atoms with Crippen molar-refractivity contribution < 1.29 is 16.8 Å². The third-order valence-electron chi connectivity index (χ3n) is 5.51. The molecule has 0 fully saturated rings. The lowest BCUT2D eigenvalue weighted by Gasteiger charge is -2.32. The zero-order valence-electron chi connectivity index (χ0n) is 17.9. The van der Waals surface area contributed by atoms with Crippen LogP contribution >= 0.6 is 0 Å². The van der Waals surface area contributed by atoms with Crippen molar-refractivity contribution in [1.82, 2.24) is 4.31 Å². The summed E-state index contributed by atoms with van der Waals surface area (Å²) >= 11 is 0. The van der Waals surface area contributed by atoms with Gasteiger partial charge in [-0.3, -0.25) is 4.72 Å². The van der Waals surface area contributed by atoms with E-state index < -0.39 is 20.0 Å². The predicted molar refractivity (Wildman–Crippen MR) is 126 cm³/mol. The van der Waals surface area contributed by atoms with Crippen LogP contribution in [-0.2, 0) is 33.0 Å². The van der Waals surface area contributed by atoms with E-state index in [2.05, 4.69) is 21.8 Å². The second-order valence-corrected chi connectivity index (χ2v) is 11.7. The number of hydrogen-bond donors (Lipinski definition) is 1. The highest BCUT2D eigenvalue weighted by atomic mass is 32.2. The van der Waals surface area contributed by atoms with Gasteiger partial charge < -0.3 is 4.90 Å².